The number of rotatable bonds is 4. The summed E-state index contributed by atoms with van der Waals surface area (Å²) in [5, 5.41) is 0. The van der Waals surface area contributed by atoms with Crippen LogP contribution >= 0.6 is 15.9 Å². The fourth-order valence-corrected chi connectivity index (χ4v) is 2.53. The summed E-state index contributed by atoms with van der Waals surface area (Å²) in [7, 11) is 5.69. The van der Waals surface area contributed by atoms with Crippen LogP contribution in [0.3, 0.4) is 0 Å². The maximum Gasteiger partial charge on any atom is 0.119 e. The molecule has 0 spiro atoms. The van der Waals surface area contributed by atoms with Crippen LogP contribution in [-0.2, 0) is 0 Å². The molecule has 0 unspecified atom stereocenters. The normalized spacial score (nSPS) is 10.8. The smallest absolute Gasteiger partial charge is 0.119 e. The SMILES string of the molecule is COc1ccc(N=Cc2ccc(N(C)C)c(Br)c2)cc1. The quantitative estimate of drug-likeness (QED) is 0.781. The molecule has 0 aliphatic rings. The minimum Gasteiger partial charge on any atom is -0.497 e. The molecular weight excluding hydrogens is 316 g/mol. The lowest BCUT2D eigenvalue weighted by Crippen LogP contribution is -2.09. The Morgan fingerprint density at radius 2 is 1.80 bits per heavy atom. The molecule has 4 heteroatoms. The Kier molecular flexibility index (Phi) is 4.79. The van der Waals surface area contributed by atoms with E-state index in [0.717, 1.165) is 27.2 Å². The first-order valence-electron chi connectivity index (χ1n) is 6.25. The van der Waals surface area contributed by atoms with Gasteiger partial charge in [0, 0.05) is 24.8 Å². The van der Waals surface area contributed by atoms with E-state index in [4.69, 9.17) is 4.74 Å². The number of anilines is 1. The Labute approximate surface area is 128 Å². The first-order valence-corrected chi connectivity index (χ1v) is 7.04. The van der Waals surface area contributed by atoms with Gasteiger partial charge in [0.1, 0.15) is 5.75 Å². The second-order valence-electron chi connectivity index (χ2n) is 4.56. The number of aliphatic imine (C=N–C) groups is 1. The Bertz CT molecular complexity index is 606. The van der Waals surface area contributed by atoms with Gasteiger partial charge in [-0.15, -0.1) is 0 Å². The maximum absolute atomic E-state index is 5.12. The van der Waals surface area contributed by atoms with Gasteiger partial charge in [-0.1, -0.05) is 6.07 Å². The summed E-state index contributed by atoms with van der Waals surface area (Å²) >= 11 is 3.57. The number of nitrogens with zero attached hydrogens (tertiary/aromatic N) is 2. The molecule has 0 amide bonds. The van der Waals surface area contributed by atoms with Crippen molar-refractivity contribution in [1.82, 2.24) is 0 Å². The minimum atomic E-state index is 0.835. The summed E-state index contributed by atoms with van der Waals surface area (Å²) in [6.45, 7) is 0. The zero-order valence-electron chi connectivity index (χ0n) is 11.8. The molecule has 0 saturated carbocycles. The van der Waals surface area contributed by atoms with Crippen LogP contribution in [0.2, 0.25) is 0 Å². The fourth-order valence-electron chi connectivity index (χ4n) is 1.78. The van der Waals surface area contributed by atoms with Gasteiger partial charge < -0.3 is 9.64 Å². The van der Waals surface area contributed by atoms with Gasteiger partial charge in [-0.3, -0.25) is 4.99 Å². The molecule has 0 aromatic heterocycles. The predicted molar refractivity (Wildman–Crippen MR) is 88.7 cm³/mol. The lowest BCUT2D eigenvalue weighted by molar-refractivity contribution is 0.415. The van der Waals surface area contributed by atoms with Crippen LogP contribution in [0.15, 0.2) is 51.9 Å². The molecular formula is C16H17BrN2O. The highest BCUT2D eigenvalue weighted by Gasteiger charge is 2.02. The highest BCUT2D eigenvalue weighted by atomic mass is 79.9. The van der Waals surface area contributed by atoms with Crippen molar-refractivity contribution >= 4 is 33.5 Å². The highest BCUT2D eigenvalue weighted by molar-refractivity contribution is 9.10. The lowest BCUT2D eigenvalue weighted by Gasteiger charge is -2.14. The molecule has 0 fully saturated rings. The predicted octanol–water partition coefficient (Wildman–Crippen LogP) is 4.27. The van der Waals surface area contributed by atoms with Crippen LogP contribution in [0.1, 0.15) is 5.56 Å². The largest absolute Gasteiger partial charge is 0.497 e. The van der Waals surface area contributed by atoms with Crippen molar-refractivity contribution in [3.63, 3.8) is 0 Å². The van der Waals surface area contributed by atoms with Crippen molar-refractivity contribution in [3.8, 4) is 5.75 Å². The molecule has 0 heterocycles. The average Bonchev–Trinajstić information content (AvgIpc) is 2.45. The summed E-state index contributed by atoms with van der Waals surface area (Å²) in [6.07, 6.45) is 1.85. The van der Waals surface area contributed by atoms with Crippen molar-refractivity contribution < 1.29 is 4.74 Å². The van der Waals surface area contributed by atoms with Gasteiger partial charge >= 0.3 is 0 Å². The van der Waals surface area contributed by atoms with E-state index in [1.807, 2.05) is 50.6 Å². The molecule has 0 bridgehead atoms. The zero-order chi connectivity index (χ0) is 14.5. The molecule has 3 nitrogen and oxygen atoms in total. The van der Waals surface area contributed by atoms with Gasteiger partial charge in [0.25, 0.3) is 0 Å². The summed E-state index contributed by atoms with van der Waals surface area (Å²) in [5.41, 5.74) is 3.10. The van der Waals surface area contributed by atoms with Crippen molar-refractivity contribution in [2.45, 2.75) is 0 Å². The molecule has 0 radical (unpaired) electrons. The van der Waals surface area contributed by atoms with Crippen LogP contribution in [0.5, 0.6) is 5.75 Å². The topological polar surface area (TPSA) is 24.8 Å². The third kappa shape index (κ3) is 3.61. The van der Waals surface area contributed by atoms with E-state index in [0.29, 0.717) is 0 Å². The third-order valence-corrected chi connectivity index (χ3v) is 3.52. The van der Waals surface area contributed by atoms with Gasteiger partial charge in [0.15, 0.2) is 0 Å². The van der Waals surface area contributed by atoms with Crippen LogP contribution < -0.4 is 9.64 Å². The molecule has 2 aromatic carbocycles. The minimum absolute atomic E-state index is 0.835. The first kappa shape index (κ1) is 14.6. The standard InChI is InChI=1S/C16H17BrN2O/c1-19(2)16-9-4-12(10-15(16)17)11-18-13-5-7-14(20-3)8-6-13/h4-11H,1-3H3. The maximum atomic E-state index is 5.12. The van der Waals surface area contributed by atoms with Crippen molar-refractivity contribution in [3.05, 3.63) is 52.5 Å². The van der Waals surface area contributed by atoms with Crippen LogP contribution in [0.4, 0.5) is 11.4 Å². The van der Waals surface area contributed by atoms with Crippen LogP contribution in [0, 0.1) is 0 Å². The second kappa shape index (κ2) is 6.57. The number of hydrogen-bond acceptors (Lipinski definition) is 3. The third-order valence-electron chi connectivity index (χ3n) is 2.89. The van der Waals surface area contributed by atoms with Gasteiger partial charge in [0.05, 0.1) is 18.5 Å². The van der Waals surface area contributed by atoms with E-state index in [9.17, 15) is 0 Å². The number of ether oxygens (including phenoxy) is 1. The van der Waals surface area contributed by atoms with Crippen LogP contribution in [0.25, 0.3) is 0 Å². The molecule has 0 atom stereocenters. The van der Waals surface area contributed by atoms with Crippen molar-refractivity contribution in [1.29, 1.82) is 0 Å². The second-order valence-corrected chi connectivity index (χ2v) is 5.42. The molecule has 104 valence electrons. The molecule has 0 aliphatic carbocycles. The molecule has 2 aromatic rings. The molecule has 20 heavy (non-hydrogen) atoms. The van der Waals surface area contributed by atoms with Crippen molar-refractivity contribution in [2.75, 3.05) is 26.1 Å². The number of halogens is 1. The van der Waals surface area contributed by atoms with Gasteiger partial charge in [-0.25, -0.2) is 0 Å². The summed E-state index contributed by atoms with van der Waals surface area (Å²) in [4.78, 5) is 6.52. The van der Waals surface area contributed by atoms with Crippen molar-refractivity contribution in [2.24, 2.45) is 4.99 Å². The highest BCUT2D eigenvalue weighted by Crippen LogP contribution is 2.25. The van der Waals surface area contributed by atoms with E-state index >= 15 is 0 Å². The van der Waals surface area contributed by atoms with E-state index in [2.05, 4.69) is 38.0 Å². The summed E-state index contributed by atoms with van der Waals surface area (Å²) in [5.74, 6) is 0.835. The van der Waals surface area contributed by atoms with Gasteiger partial charge in [0.2, 0.25) is 0 Å². The Morgan fingerprint density at radius 3 is 2.35 bits per heavy atom. The van der Waals surface area contributed by atoms with E-state index in [-0.39, 0.29) is 0 Å². The molecule has 2 rings (SSSR count). The first-order chi connectivity index (χ1) is 9.60. The van der Waals surface area contributed by atoms with E-state index in [1.54, 1.807) is 7.11 Å². The van der Waals surface area contributed by atoms with Gasteiger partial charge in [-0.05, 0) is 57.9 Å². The number of hydrogen-bond donors (Lipinski definition) is 0. The number of benzene rings is 2. The number of methoxy groups -OCH3 is 1. The van der Waals surface area contributed by atoms with E-state index in [1.165, 1.54) is 0 Å². The van der Waals surface area contributed by atoms with Gasteiger partial charge in [-0.2, -0.15) is 0 Å². The Morgan fingerprint density at radius 1 is 1.10 bits per heavy atom. The molecule has 0 aliphatic heterocycles. The summed E-state index contributed by atoms with van der Waals surface area (Å²) < 4.78 is 6.18. The molecule has 0 saturated heterocycles. The average molecular weight is 333 g/mol. The summed E-state index contributed by atoms with van der Waals surface area (Å²) in [6, 6.07) is 13.8. The Hall–Kier alpha value is -1.81. The zero-order valence-corrected chi connectivity index (χ0v) is 13.4. The molecule has 0 N–H and O–H groups in total. The lowest BCUT2D eigenvalue weighted by atomic mass is 10.2. The van der Waals surface area contributed by atoms with Crippen LogP contribution in [-0.4, -0.2) is 27.4 Å². The van der Waals surface area contributed by atoms with E-state index < -0.39 is 0 Å². The Balaban J connectivity index is 2.16. The fraction of sp³-hybridized carbons (Fsp3) is 0.188. The monoisotopic (exact) mass is 332 g/mol.